The Balaban J connectivity index is 1.86. The first kappa shape index (κ1) is 14.8. The van der Waals surface area contributed by atoms with Crippen LogP contribution in [0, 0.1) is 5.92 Å². The van der Waals surface area contributed by atoms with Crippen LogP contribution in [0.15, 0.2) is 12.5 Å². The molecular formula is C13H19ClN4O2. The maximum absolute atomic E-state index is 11.8. The van der Waals surface area contributed by atoms with E-state index in [1.54, 1.807) is 11.1 Å². The third-order valence-electron chi connectivity index (χ3n) is 3.03. The standard InChI is InChI=1S/C13H19ClN4O2/c1-10(2)8-20-13(19)18-5-3-17(4-6-18)12-11(14)7-15-9-16-12/h7,9-10H,3-6,8H2,1-2H3. The molecule has 1 fully saturated rings. The van der Waals surface area contributed by atoms with Crippen molar-refractivity contribution < 1.29 is 9.53 Å². The molecule has 7 heteroatoms. The van der Waals surface area contributed by atoms with Gasteiger partial charge in [0, 0.05) is 26.2 Å². The number of piperazine rings is 1. The molecule has 6 nitrogen and oxygen atoms in total. The summed E-state index contributed by atoms with van der Waals surface area (Å²) in [5.41, 5.74) is 0. The van der Waals surface area contributed by atoms with Crippen LogP contribution in [0.3, 0.4) is 0 Å². The molecular weight excluding hydrogens is 280 g/mol. The minimum absolute atomic E-state index is 0.243. The summed E-state index contributed by atoms with van der Waals surface area (Å²) in [4.78, 5) is 23.7. The summed E-state index contributed by atoms with van der Waals surface area (Å²) in [7, 11) is 0. The number of hydrogen-bond donors (Lipinski definition) is 0. The first-order chi connectivity index (χ1) is 9.58. The number of halogens is 1. The topological polar surface area (TPSA) is 58.6 Å². The lowest BCUT2D eigenvalue weighted by Crippen LogP contribution is -2.49. The summed E-state index contributed by atoms with van der Waals surface area (Å²) in [6, 6.07) is 0. The SMILES string of the molecule is CC(C)COC(=O)N1CCN(c2ncncc2Cl)CC1. The van der Waals surface area contributed by atoms with Gasteiger partial charge in [0.05, 0.1) is 12.8 Å². The van der Waals surface area contributed by atoms with Crippen molar-refractivity contribution in [2.75, 3.05) is 37.7 Å². The van der Waals surface area contributed by atoms with Gasteiger partial charge in [-0.1, -0.05) is 25.4 Å². The van der Waals surface area contributed by atoms with Gasteiger partial charge < -0.3 is 14.5 Å². The molecule has 20 heavy (non-hydrogen) atoms. The third kappa shape index (κ3) is 3.72. The summed E-state index contributed by atoms with van der Waals surface area (Å²) < 4.78 is 5.22. The van der Waals surface area contributed by atoms with E-state index in [1.165, 1.54) is 6.33 Å². The molecule has 0 bridgehead atoms. The second-order valence-corrected chi connectivity index (χ2v) is 5.55. The van der Waals surface area contributed by atoms with Gasteiger partial charge in [0.1, 0.15) is 11.3 Å². The number of carbonyl (C=O) groups is 1. The molecule has 1 amide bonds. The number of rotatable bonds is 3. The molecule has 2 heterocycles. The van der Waals surface area contributed by atoms with Crippen molar-refractivity contribution in [3.8, 4) is 0 Å². The van der Waals surface area contributed by atoms with Gasteiger partial charge in [-0.05, 0) is 5.92 Å². The lowest BCUT2D eigenvalue weighted by molar-refractivity contribution is 0.0901. The van der Waals surface area contributed by atoms with Gasteiger partial charge in [-0.15, -0.1) is 0 Å². The molecule has 0 radical (unpaired) electrons. The highest BCUT2D eigenvalue weighted by molar-refractivity contribution is 6.32. The van der Waals surface area contributed by atoms with Crippen molar-refractivity contribution in [2.45, 2.75) is 13.8 Å². The Morgan fingerprint density at radius 2 is 2.10 bits per heavy atom. The molecule has 0 aliphatic carbocycles. The van der Waals surface area contributed by atoms with Crippen LogP contribution >= 0.6 is 11.6 Å². The number of nitrogens with zero attached hydrogens (tertiary/aromatic N) is 4. The van der Waals surface area contributed by atoms with Crippen LogP contribution in [-0.4, -0.2) is 53.7 Å². The van der Waals surface area contributed by atoms with Gasteiger partial charge in [0.15, 0.2) is 5.82 Å². The van der Waals surface area contributed by atoms with E-state index in [-0.39, 0.29) is 6.09 Å². The summed E-state index contributed by atoms with van der Waals surface area (Å²) >= 11 is 6.07. The van der Waals surface area contributed by atoms with Crippen LogP contribution in [-0.2, 0) is 4.74 Å². The molecule has 0 N–H and O–H groups in total. The molecule has 1 aliphatic heterocycles. The fraction of sp³-hybridized carbons (Fsp3) is 0.615. The van der Waals surface area contributed by atoms with Crippen LogP contribution in [0.5, 0.6) is 0 Å². The number of hydrogen-bond acceptors (Lipinski definition) is 5. The molecule has 0 aromatic carbocycles. The maximum atomic E-state index is 11.8. The number of carbonyl (C=O) groups excluding carboxylic acids is 1. The Bertz CT molecular complexity index is 461. The Hall–Kier alpha value is -1.56. The molecule has 1 aliphatic rings. The van der Waals surface area contributed by atoms with E-state index < -0.39 is 0 Å². The smallest absolute Gasteiger partial charge is 0.409 e. The van der Waals surface area contributed by atoms with Crippen LogP contribution in [0.1, 0.15) is 13.8 Å². The minimum Gasteiger partial charge on any atom is -0.449 e. The molecule has 110 valence electrons. The largest absolute Gasteiger partial charge is 0.449 e. The molecule has 0 unspecified atom stereocenters. The van der Waals surface area contributed by atoms with Gasteiger partial charge >= 0.3 is 6.09 Å². The van der Waals surface area contributed by atoms with E-state index in [0.717, 1.165) is 5.82 Å². The zero-order valence-corrected chi connectivity index (χ0v) is 12.5. The second kappa shape index (κ2) is 6.74. The fourth-order valence-electron chi connectivity index (χ4n) is 1.97. The molecule has 0 spiro atoms. The van der Waals surface area contributed by atoms with Crippen molar-refractivity contribution >= 4 is 23.5 Å². The van der Waals surface area contributed by atoms with E-state index in [4.69, 9.17) is 16.3 Å². The highest BCUT2D eigenvalue weighted by atomic mass is 35.5. The molecule has 1 aromatic heterocycles. The summed E-state index contributed by atoms with van der Waals surface area (Å²) in [5.74, 6) is 1.07. The maximum Gasteiger partial charge on any atom is 0.409 e. The number of ether oxygens (including phenoxy) is 1. The lowest BCUT2D eigenvalue weighted by atomic mass is 10.2. The highest BCUT2D eigenvalue weighted by Crippen LogP contribution is 2.22. The van der Waals surface area contributed by atoms with Crippen LogP contribution < -0.4 is 4.90 Å². The van der Waals surface area contributed by atoms with E-state index in [2.05, 4.69) is 14.9 Å². The predicted octanol–water partition coefficient (Wildman–Crippen LogP) is 2.04. The Labute approximate surface area is 123 Å². The summed E-state index contributed by atoms with van der Waals surface area (Å²) in [6.07, 6.45) is 2.81. The Kier molecular flexibility index (Phi) is 5.00. The number of anilines is 1. The first-order valence-corrected chi connectivity index (χ1v) is 7.08. The van der Waals surface area contributed by atoms with Gasteiger partial charge in [0.2, 0.25) is 0 Å². The number of aromatic nitrogens is 2. The fourth-order valence-corrected chi connectivity index (χ4v) is 2.19. The minimum atomic E-state index is -0.243. The number of amides is 1. The summed E-state index contributed by atoms with van der Waals surface area (Å²) in [5, 5.41) is 0.531. The molecule has 0 atom stereocenters. The summed E-state index contributed by atoms with van der Waals surface area (Å²) in [6.45, 7) is 7.08. The van der Waals surface area contributed by atoms with Gasteiger partial charge in [-0.3, -0.25) is 0 Å². The molecule has 0 saturated carbocycles. The zero-order chi connectivity index (χ0) is 14.5. The average Bonchev–Trinajstić information content (AvgIpc) is 2.45. The first-order valence-electron chi connectivity index (χ1n) is 6.70. The normalized spacial score (nSPS) is 15.6. The van der Waals surface area contributed by atoms with Gasteiger partial charge in [-0.2, -0.15) is 0 Å². The molecule has 1 aromatic rings. The van der Waals surface area contributed by atoms with Gasteiger partial charge in [0.25, 0.3) is 0 Å². The van der Waals surface area contributed by atoms with Crippen molar-refractivity contribution in [1.29, 1.82) is 0 Å². The monoisotopic (exact) mass is 298 g/mol. The highest BCUT2D eigenvalue weighted by Gasteiger charge is 2.24. The van der Waals surface area contributed by atoms with Crippen molar-refractivity contribution in [2.24, 2.45) is 5.92 Å². The van der Waals surface area contributed by atoms with E-state index >= 15 is 0 Å². The van der Waals surface area contributed by atoms with Crippen LogP contribution in [0.4, 0.5) is 10.6 Å². The van der Waals surface area contributed by atoms with Crippen molar-refractivity contribution in [3.05, 3.63) is 17.5 Å². The van der Waals surface area contributed by atoms with Crippen molar-refractivity contribution in [3.63, 3.8) is 0 Å². The van der Waals surface area contributed by atoms with Crippen LogP contribution in [0.2, 0.25) is 5.02 Å². The van der Waals surface area contributed by atoms with E-state index in [9.17, 15) is 4.79 Å². The van der Waals surface area contributed by atoms with Crippen molar-refractivity contribution in [1.82, 2.24) is 14.9 Å². The lowest BCUT2D eigenvalue weighted by Gasteiger charge is -2.35. The Morgan fingerprint density at radius 1 is 1.40 bits per heavy atom. The quantitative estimate of drug-likeness (QED) is 0.855. The van der Waals surface area contributed by atoms with E-state index in [0.29, 0.717) is 43.7 Å². The zero-order valence-electron chi connectivity index (χ0n) is 11.8. The van der Waals surface area contributed by atoms with Gasteiger partial charge in [-0.25, -0.2) is 14.8 Å². The molecule has 1 saturated heterocycles. The van der Waals surface area contributed by atoms with Crippen LogP contribution in [0.25, 0.3) is 0 Å². The van der Waals surface area contributed by atoms with E-state index in [1.807, 2.05) is 13.8 Å². The second-order valence-electron chi connectivity index (χ2n) is 5.14. The average molecular weight is 299 g/mol. The predicted molar refractivity (Wildman–Crippen MR) is 77.0 cm³/mol. The Morgan fingerprint density at radius 3 is 2.70 bits per heavy atom. The third-order valence-corrected chi connectivity index (χ3v) is 3.29. The molecule has 2 rings (SSSR count).